The van der Waals surface area contributed by atoms with E-state index in [1.807, 2.05) is 6.92 Å². The number of aryl methyl sites for hydroxylation is 1. The van der Waals surface area contributed by atoms with Crippen molar-refractivity contribution >= 4 is 17.7 Å². The van der Waals surface area contributed by atoms with Crippen LogP contribution in [0.4, 0.5) is 0 Å². The van der Waals surface area contributed by atoms with E-state index in [2.05, 4.69) is 22.4 Å². The summed E-state index contributed by atoms with van der Waals surface area (Å²) >= 11 is 1.26. The van der Waals surface area contributed by atoms with Crippen LogP contribution in [0.25, 0.3) is 11.4 Å². The van der Waals surface area contributed by atoms with Gasteiger partial charge in [-0.3, -0.25) is 4.79 Å². The fraction of sp³-hybridized carbons (Fsp3) is 0.500. The van der Waals surface area contributed by atoms with Gasteiger partial charge in [0.1, 0.15) is 5.76 Å². The molecule has 0 atom stereocenters. The molecule has 0 aliphatic carbocycles. The number of aromatic nitrogens is 3. The number of hydrogen-bond acceptors (Lipinski definition) is 6. The topological polar surface area (TPSA) is 99.0 Å². The van der Waals surface area contributed by atoms with Gasteiger partial charge in [-0.25, -0.2) is 4.68 Å². The van der Waals surface area contributed by atoms with Gasteiger partial charge in [0.15, 0.2) is 5.82 Å². The third-order valence-corrected chi connectivity index (χ3v) is 4.14. The highest BCUT2D eigenvalue weighted by Crippen LogP contribution is 2.24. The van der Waals surface area contributed by atoms with Crippen LogP contribution in [0.1, 0.15) is 31.9 Å². The summed E-state index contributed by atoms with van der Waals surface area (Å²) in [7, 11) is 0. The molecule has 3 N–H and O–H groups in total. The van der Waals surface area contributed by atoms with Crippen molar-refractivity contribution in [1.82, 2.24) is 20.2 Å². The Labute approximate surface area is 133 Å². The highest BCUT2D eigenvalue weighted by atomic mass is 32.2. The van der Waals surface area contributed by atoms with Crippen molar-refractivity contribution in [2.24, 2.45) is 0 Å². The molecule has 22 heavy (non-hydrogen) atoms. The number of thioether (sulfide) groups is 1. The number of nitrogen functional groups attached to an aromatic ring is 1. The van der Waals surface area contributed by atoms with Gasteiger partial charge < -0.3 is 15.6 Å². The molecule has 0 saturated carbocycles. The van der Waals surface area contributed by atoms with Crippen LogP contribution in [-0.4, -0.2) is 33.1 Å². The zero-order chi connectivity index (χ0) is 15.9. The average Bonchev–Trinajstić information content (AvgIpc) is 3.07. The second kappa shape index (κ2) is 7.88. The number of nitrogens with two attached hydrogens (primary N) is 1. The van der Waals surface area contributed by atoms with Gasteiger partial charge >= 0.3 is 0 Å². The summed E-state index contributed by atoms with van der Waals surface area (Å²) < 4.78 is 6.62. The Kier molecular flexibility index (Phi) is 5.88. The lowest BCUT2D eigenvalue weighted by Gasteiger charge is -2.05. The number of hydrogen-bond donors (Lipinski definition) is 2. The third-order valence-electron chi connectivity index (χ3n) is 3.20. The van der Waals surface area contributed by atoms with Gasteiger partial charge in [-0.05, 0) is 19.4 Å². The van der Waals surface area contributed by atoms with Crippen molar-refractivity contribution in [1.29, 1.82) is 0 Å². The molecule has 0 aromatic carbocycles. The summed E-state index contributed by atoms with van der Waals surface area (Å²) in [6.07, 6.45) is 4.84. The Hall–Kier alpha value is -1.96. The van der Waals surface area contributed by atoms with Gasteiger partial charge in [-0.15, -0.1) is 10.2 Å². The number of furan rings is 1. The summed E-state index contributed by atoms with van der Waals surface area (Å²) in [4.78, 5) is 11.7. The molecule has 0 aliphatic heterocycles. The number of nitrogens with zero attached hydrogens (tertiary/aromatic N) is 3. The number of carbonyl (C=O) groups is 1. The first-order valence-electron chi connectivity index (χ1n) is 7.28. The van der Waals surface area contributed by atoms with Crippen molar-refractivity contribution in [3.63, 3.8) is 0 Å². The summed E-state index contributed by atoms with van der Waals surface area (Å²) in [6, 6.07) is 1.79. The number of unbranched alkanes of at least 4 members (excludes halogenated alkanes) is 2. The number of rotatable bonds is 8. The second-order valence-electron chi connectivity index (χ2n) is 4.91. The van der Waals surface area contributed by atoms with Crippen molar-refractivity contribution < 1.29 is 9.21 Å². The highest BCUT2D eigenvalue weighted by molar-refractivity contribution is 7.99. The Balaban J connectivity index is 1.88. The minimum atomic E-state index is -0.0230. The highest BCUT2D eigenvalue weighted by Gasteiger charge is 2.16. The summed E-state index contributed by atoms with van der Waals surface area (Å²) in [6.45, 7) is 4.67. The van der Waals surface area contributed by atoms with E-state index < -0.39 is 0 Å². The molecule has 0 aliphatic rings. The SMILES string of the molecule is CCCCCNC(=O)CSc1nnc(-c2ccoc2C)n1N. The largest absolute Gasteiger partial charge is 0.469 e. The first-order chi connectivity index (χ1) is 10.6. The molecule has 0 fully saturated rings. The Morgan fingerprint density at radius 3 is 2.95 bits per heavy atom. The van der Waals surface area contributed by atoms with Crippen molar-refractivity contribution in [3.8, 4) is 11.4 Å². The van der Waals surface area contributed by atoms with E-state index in [9.17, 15) is 4.79 Å². The molecule has 1 amide bonds. The van der Waals surface area contributed by atoms with Crippen LogP contribution in [0.2, 0.25) is 0 Å². The van der Waals surface area contributed by atoms with E-state index in [4.69, 9.17) is 10.3 Å². The van der Waals surface area contributed by atoms with E-state index in [0.29, 0.717) is 17.5 Å². The van der Waals surface area contributed by atoms with Gasteiger partial charge in [0.25, 0.3) is 0 Å². The number of carbonyl (C=O) groups excluding carboxylic acids is 1. The molecule has 7 nitrogen and oxygen atoms in total. The summed E-state index contributed by atoms with van der Waals surface area (Å²) in [5.41, 5.74) is 0.797. The predicted octanol–water partition coefficient (Wildman–Crippen LogP) is 1.96. The van der Waals surface area contributed by atoms with Crippen LogP contribution >= 0.6 is 11.8 Å². The van der Waals surface area contributed by atoms with Crippen LogP contribution in [0.3, 0.4) is 0 Å². The molecule has 0 spiro atoms. The molecule has 2 rings (SSSR count). The molecule has 2 aromatic heterocycles. The van der Waals surface area contributed by atoms with Crippen LogP contribution in [0, 0.1) is 6.92 Å². The van der Waals surface area contributed by atoms with Crippen LogP contribution in [-0.2, 0) is 4.79 Å². The normalized spacial score (nSPS) is 10.8. The van der Waals surface area contributed by atoms with Crippen molar-refractivity contribution in [3.05, 3.63) is 18.1 Å². The Morgan fingerprint density at radius 2 is 2.27 bits per heavy atom. The maximum Gasteiger partial charge on any atom is 0.230 e. The van der Waals surface area contributed by atoms with E-state index in [1.165, 1.54) is 16.4 Å². The van der Waals surface area contributed by atoms with Gasteiger partial charge in [-0.2, -0.15) is 0 Å². The second-order valence-corrected chi connectivity index (χ2v) is 5.85. The van der Waals surface area contributed by atoms with Gasteiger partial charge in [0, 0.05) is 6.54 Å². The zero-order valence-corrected chi connectivity index (χ0v) is 13.7. The van der Waals surface area contributed by atoms with Gasteiger partial charge in [0.05, 0.1) is 17.6 Å². The van der Waals surface area contributed by atoms with Crippen LogP contribution in [0.15, 0.2) is 21.9 Å². The van der Waals surface area contributed by atoms with E-state index >= 15 is 0 Å². The van der Waals surface area contributed by atoms with E-state index in [-0.39, 0.29) is 11.7 Å². The molecule has 0 unspecified atom stereocenters. The maximum atomic E-state index is 11.7. The summed E-state index contributed by atoms with van der Waals surface area (Å²) in [5, 5.41) is 11.5. The molecule has 0 bridgehead atoms. The molecular weight excluding hydrogens is 302 g/mol. The molecule has 0 radical (unpaired) electrons. The average molecular weight is 323 g/mol. The molecule has 8 heteroatoms. The maximum absolute atomic E-state index is 11.7. The Morgan fingerprint density at radius 1 is 1.45 bits per heavy atom. The Bertz CT molecular complexity index is 623. The molecule has 120 valence electrons. The standard InChI is InChI=1S/C14H21N5O2S/c1-3-4-5-7-16-12(20)9-22-14-18-17-13(19(14)15)11-6-8-21-10(11)2/h6,8H,3-5,7,9,15H2,1-2H3,(H,16,20). The number of nitrogens with one attached hydrogen (secondary N) is 1. The van der Waals surface area contributed by atoms with Crippen LogP contribution < -0.4 is 11.2 Å². The lowest BCUT2D eigenvalue weighted by atomic mass is 10.2. The van der Waals surface area contributed by atoms with Crippen molar-refractivity contribution in [2.75, 3.05) is 18.1 Å². The zero-order valence-electron chi connectivity index (χ0n) is 12.8. The molecule has 2 aromatic rings. The van der Waals surface area contributed by atoms with Gasteiger partial charge in [0.2, 0.25) is 11.1 Å². The van der Waals surface area contributed by atoms with Crippen molar-refractivity contribution in [2.45, 2.75) is 38.3 Å². The fourth-order valence-electron chi connectivity index (χ4n) is 1.96. The molecular formula is C14H21N5O2S. The summed E-state index contributed by atoms with van der Waals surface area (Å²) in [5.74, 6) is 7.48. The molecule has 0 saturated heterocycles. The number of amides is 1. The predicted molar refractivity (Wildman–Crippen MR) is 85.9 cm³/mol. The van der Waals surface area contributed by atoms with Crippen LogP contribution in [0.5, 0.6) is 0 Å². The molecule has 2 heterocycles. The first-order valence-corrected chi connectivity index (χ1v) is 8.26. The van der Waals surface area contributed by atoms with Gasteiger partial charge in [-0.1, -0.05) is 31.5 Å². The smallest absolute Gasteiger partial charge is 0.230 e. The lowest BCUT2D eigenvalue weighted by molar-refractivity contribution is -0.118. The minimum absolute atomic E-state index is 0.0230. The lowest BCUT2D eigenvalue weighted by Crippen LogP contribution is -2.26. The minimum Gasteiger partial charge on any atom is -0.469 e. The van der Waals surface area contributed by atoms with E-state index in [0.717, 1.165) is 30.6 Å². The fourth-order valence-corrected chi connectivity index (χ4v) is 2.65. The quantitative estimate of drug-likeness (QED) is 0.438. The monoisotopic (exact) mass is 323 g/mol. The first kappa shape index (κ1) is 16.4. The third kappa shape index (κ3) is 4.03. The van der Waals surface area contributed by atoms with E-state index in [1.54, 1.807) is 12.3 Å².